The van der Waals surface area contributed by atoms with Gasteiger partial charge < -0.3 is 4.74 Å². The molecule has 0 bridgehead atoms. The Kier molecular flexibility index (Phi) is 6.04. The molecule has 1 atom stereocenters. The van der Waals surface area contributed by atoms with Gasteiger partial charge in [-0.15, -0.1) is 0 Å². The first-order chi connectivity index (χ1) is 15.7. The van der Waals surface area contributed by atoms with Crippen LogP contribution in [0.3, 0.4) is 0 Å². The number of methoxy groups -OCH3 is 1. The molecule has 0 radical (unpaired) electrons. The summed E-state index contributed by atoms with van der Waals surface area (Å²) in [6.07, 6.45) is 10.0. The minimum atomic E-state index is -0.957. The van der Waals surface area contributed by atoms with Crippen molar-refractivity contribution in [2.45, 2.75) is 37.0 Å². The average Bonchev–Trinajstić information content (AvgIpc) is 3.24. The van der Waals surface area contributed by atoms with Gasteiger partial charge in [0.1, 0.15) is 5.75 Å². The zero-order chi connectivity index (χ0) is 21.9. The normalized spacial score (nSPS) is 15.7. The first-order valence-corrected chi connectivity index (χ1v) is 12.5. The Morgan fingerprint density at radius 1 is 1.00 bits per heavy atom. The van der Waals surface area contributed by atoms with E-state index in [1.54, 1.807) is 13.3 Å². The van der Waals surface area contributed by atoms with Crippen molar-refractivity contribution in [1.82, 2.24) is 14.4 Å². The molecule has 0 saturated heterocycles. The van der Waals surface area contributed by atoms with Crippen LogP contribution in [0.15, 0.2) is 71.9 Å². The number of fused-ring (bicyclic) bond motifs is 1. The van der Waals surface area contributed by atoms with E-state index in [0.29, 0.717) is 11.7 Å². The van der Waals surface area contributed by atoms with Crippen molar-refractivity contribution in [3.05, 3.63) is 67.0 Å². The summed E-state index contributed by atoms with van der Waals surface area (Å²) in [5.74, 6) is 2.83. The molecule has 2 aromatic heterocycles. The van der Waals surface area contributed by atoms with Crippen molar-refractivity contribution in [3.8, 4) is 28.3 Å². The molecule has 1 aliphatic carbocycles. The Morgan fingerprint density at radius 2 is 1.72 bits per heavy atom. The van der Waals surface area contributed by atoms with Crippen LogP contribution < -0.4 is 4.74 Å². The molecule has 4 aromatic rings. The van der Waals surface area contributed by atoms with Gasteiger partial charge in [-0.05, 0) is 61.2 Å². The molecule has 0 aliphatic heterocycles. The van der Waals surface area contributed by atoms with E-state index in [2.05, 4.69) is 17.1 Å². The van der Waals surface area contributed by atoms with E-state index < -0.39 is 10.8 Å². The zero-order valence-electron chi connectivity index (χ0n) is 18.2. The lowest BCUT2D eigenvalue weighted by Crippen LogP contribution is -2.14. The average molecular weight is 446 g/mol. The molecule has 0 spiro atoms. The van der Waals surface area contributed by atoms with E-state index in [1.807, 2.05) is 53.1 Å². The molecule has 32 heavy (non-hydrogen) atoms. The smallest absolute Gasteiger partial charge is 0.234 e. The van der Waals surface area contributed by atoms with Crippen LogP contribution >= 0.6 is 0 Å². The molecular formula is C26H27N3O2S. The van der Waals surface area contributed by atoms with Crippen molar-refractivity contribution < 1.29 is 8.95 Å². The van der Waals surface area contributed by atoms with Gasteiger partial charge in [0.15, 0.2) is 0 Å². The van der Waals surface area contributed by atoms with Crippen LogP contribution in [0.25, 0.3) is 28.3 Å². The third-order valence-electron chi connectivity index (χ3n) is 6.27. The summed E-state index contributed by atoms with van der Waals surface area (Å²) >= 11 is 0. The van der Waals surface area contributed by atoms with Crippen LogP contribution in [0, 0.1) is 5.92 Å². The molecule has 0 N–H and O–H groups in total. The second-order valence-electron chi connectivity index (χ2n) is 8.37. The van der Waals surface area contributed by atoms with Crippen molar-refractivity contribution in [3.63, 3.8) is 0 Å². The van der Waals surface area contributed by atoms with Gasteiger partial charge in [0.2, 0.25) is 5.78 Å². The second-order valence-corrected chi connectivity index (χ2v) is 9.86. The summed E-state index contributed by atoms with van der Waals surface area (Å²) in [6, 6.07) is 17.9. The fourth-order valence-electron chi connectivity index (χ4n) is 4.54. The van der Waals surface area contributed by atoms with Crippen molar-refractivity contribution >= 4 is 16.6 Å². The standard InChI is InChI=1S/C26H27N3O2S/c1-31-22-12-8-20(9-13-22)24-25(29-17-5-16-27-26(29)28-24)21-10-14-23(15-11-21)32(30)18-19-6-3-2-4-7-19/h5,8-17,19H,2-4,6-7,18H2,1H3. The fourth-order valence-corrected chi connectivity index (χ4v) is 5.94. The topological polar surface area (TPSA) is 56.5 Å². The fraction of sp³-hybridized carbons (Fsp3) is 0.308. The van der Waals surface area contributed by atoms with Crippen molar-refractivity contribution in [1.29, 1.82) is 0 Å². The number of ether oxygens (including phenoxy) is 1. The summed E-state index contributed by atoms with van der Waals surface area (Å²) in [5, 5.41) is 0. The summed E-state index contributed by atoms with van der Waals surface area (Å²) in [5.41, 5.74) is 3.86. The van der Waals surface area contributed by atoms with Gasteiger partial charge in [0.05, 0.1) is 29.3 Å². The van der Waals surface area contributed by atoms with Crippen LogP contribution in [0.5, 0.6) is 5.75 Å². The van der Waals surface area contributed by atoms with Crippen LogP contribution in [0.4, 0.5) is 0 Å². The Bertz CT molecular complexity index is 1230. The first-order valence-electron chi connectivity index (χ1n) is 11.2. The van der Waals surface area contributed by atoms with E-state index in [1.165, 1.54) is 32.1 Å². The minimum Gasteiger partial charge on any atom is -0.497 e. The van der Waals surface area contributed by atoms with Gasteiger partial charge in [-0.25, -0.2) is 9.97 Å². The lowest BCUT2D eigenvalue weighted by atomic mass is 9.91. The van der Waals surface area contributed by atoms with E-state index in [9.17, 15) is 4.21 Å². The number of aromatic nitrogens is 3. The minimum absolute atomic E-state index is 0.593. The van der Waals surface area contributed by atoms with Crippen LogP contribution in [-0.2, 0) is 10.8 Å². The predicted molar refractivity (Wildman–Crippen MR) is 128 cm³/mol. The van der Waals surface area contributed by atoms with Crippen molar-refractivity contribution in [2.24, 2.45) is 5.92 Å². The lowest BCUT2D eigenvalue weighted by Gasteiger charge is -2.20. The maximum atomic E-state index is 12.9. The summed E-state index contributed by atoms with van der Waals surface area (Å²) in [7, 11) is 0.705. The lowest BCUT2D eigenvalue weighted by molar-refractivity contribution is 0.388. The van der Waals surface area contributed by atoms with E-state index in [4.69, 9.17) is 9.72 Å². The molecule has 1 aliphatic rings. The number of rotatable bonds is 6. The Labute approximate surface area is 191 Å². The SMILES string of the molecule is COc1ccc(-c2nc3ncccn3c2-c2ccc(S(=O)CC3CCCCC3)cc2)cc1. The molecule has 2 heterocycles. The highest BCUT2D eigenvalue weighted by atomic mass is 32.2. The summed E-state index contributed by atoms with van der Waals surface area (Å²) in [6.45, 7) is 0. The Hall–Kier alpha value is -2.99. The molecule has 1 unspecified atom stereocenters. The summed E-state index contributed by atoms with van der Waals surface area (Å²) < 4.78 is 20.3. The molecule has 2 aromatic carbocycles. The van der Waals surface area contributed by atoms with Crippen LogP contribution in [0.1, 0.15) is 32.1 Å². The molecule has 6 heteroatoms. The van der Waals surface area contributed by atoms with Gasteiger partial charge in [0, 0.05) is 34.2 Å². The highest BCUT2D eigenvalue weighted by molar-refractivity contribution is 7.85. The highest BCUT2D eigenvalue weighted by Gasteiger charge is 2.19. The quantitative estimate of drug-likeness (QED) is 0.379. The molecule has 1 saturated carbocycles. The van der Waals surface area contributed by atoms with Gasteiger partial charge in [-0.1, -0.05) is 31.4 Å². The first kappa shape index (κ1) is 20.9. The number of nitrogens with zero attached hydrogens (tertiary/aromatic N) is 3. The number of hydrogen-bond acceptors (Lipinski definition) is 4. The number of hydrogen-bond donors (Lipinski definition) is 0. The van der Waals surface area contributed by atoms with Crippen molar-refractivity contribution in [2.75, 3.05) is 12.9 Å². The van der Waals surface area contributed by atoms with Crippen LogP contribution in [0.2, 0.25) is 0 Å². The van der Waals surface area contributed by atoms with Crippen LogP contribution in [-0.4, -0.2) is 31.4 Å². The van der Waals surface area contributed by atoms with Gasteiger partial charge in [0.25, 0.3) is 0 Å². The van der Waals surface area contributed by atoms with Gasteiger partial charge in [-0.3, -0.25) is 8.61 Å². The van der Waals surface area contributed by atoms with E-state index >= 15 is 0 Å². The second kappa shape index (κ2) is 9.25. The third-order valence-corrected chi connectivity index (χ3v) is 7.84. The Morgan fingerprint density at radius 3 is 2.44 bits per heavy atom. The molecular weight excluding hydrogens is 418 g/mol. The third kappa shape index (κ3) is 4.19. The number of benzene rings is 2. The maximum Gasteiger partial charge on any atom is 0.234 e. The van der Waals surface area contributed by atoms with E-state index in [-0.39, 0.29) is 0 Å². The molecule has 1 fully saturated rings. The van der Waals surface area contributed by atoms with E-state index in [0.717, 1.165) is 38.9 Å². The zero-order valence-corrected chi connectivity index (χ0v) is 19.1. The molecule has 5 rings (SSSR count). The van der Waals surface area contributed by atoms with Gasteiger partial charge in [-0.2, -0.15) is 0 Å². The maximum absolute atomic E-state index is 12.9. The molecule has 0 amide bonds. The molecule has 5 nitrogen and oxygen atoms in total. The monoisotopic (exact) mass is 445 g/mol. The highest BCUT2D eigenvalue weighted by Crippen LogP contribution is 2.34. The number of imidazole rings is 1. The molecule has 164 valence electrons. The summed E-state index contributed by atoms with van der Waals surface area (Å²) in [4.78, 5) is 10.1. The Balaban J connectivity index is 1.49. The largest absolute Gasteiger partial charge is 0.497 e. The van der Waals surface area contributed by atoms with Gasteiger partial charge >= 0.3 is 0 Å². The predicted octanol–water partition coefficient (Wildman–Crippen LogP) is 5.76.